The molecule has 1 aromatic carbocycles. The molecule has 0 fully saturated rings. The van der Waals surface area contributed by atoms with E-state index in [1.165, 1.54) is 22.4 Å². The quantitative estimate of drug-likeness (QED) is 0.800. The van der Waals surface area contributed by atoms with Gasteiger partial charge in [-0.2, -0.15) is 0 Å². The zero-order valence-electron chi connectivity index (χ0n) is 11.6. The maximum Gasteiger partial charge on any atom is 0.129 e. The molecule has 3 heteroatoms. The van der Waals surface area contributed by atoms with E-state index in [1.54, 1.807) is 0 Å². The number of hydrogen-bond acceptors (Lipinski definition) is 3. The molecule has 0 saturated heterocycles. The van der Waals surface area contributed by atoms with Gasteiger partial charge in [0.1, 0.15) is 11.9 Å². The van der Waals surface area contributed by atoms with Crippen molar-refractivity contribution in [2.75, 3.05) is 18.4 Å². The summed E-state index contributed by atoms with van der Waals surface area (Å²) in [4.78, 5) is 0. The summed E-state index contributed by atoms with van der Waals surface area (Å²) in [6.07, 6.45) is 0.127. The van der Waals surface area contributed by atoms with E-state index in [0.717, 1.165) is 12.3 Å². The van der Waals surface area contributed by atoms with Crippen LogP contribution in [0.25, 0.3) is 0 Å². The molecular formula is C15H22N2O. The van der Waals surface area contributed by atoms with Gasteiger partial charge in [0.05, 0.1) is 0 Å². The van der Waals surface area contributed by atoms with Crippen LogP contribution >= 0.6 is 0 Å². The van der Waals surface area contributed by atoms with E-state index in [9.17, 15) is 0 Å². The third kappa shape index (κ3) is 1.40. The SMILES string of the molecule is Cc1cc2c(c3c1NCC3(C)C)O[C@@H](CN)[C@H]2C. The van der Waals surface area contributed by atoms with Crippen LogP contribution in [-0.2, 0) is 5.41 Å². The molecule has 0 saturated carbocycles. The van der Waals surface area contributed by atoms with Crippen LogP contribution in [0.2, 0.25) is 0 Å². The molecule has 2 heterocycles. The van der Waals surface area contributed by atoms with Gasteiger partial charge >= 0.3 is 0 Å². The van der Waals surface area contributed by atoms with Gasteiger partial charge in [0.15, 0.2) is 0 Å². The summed E-state index contributed by atoms with van der Waals surface area (Å²) in [5.74, 6) is 1.49. The molecule has 3 rings (SSSR count). The molecule has 3 N–H and O–H groups in total. The van der Waals surface area contributed by atoms with E-state index in [4.69, 9.17) is 10.5 Å². The topological polar surface area (TPSA) is 47.3 Å². The fourth-order valence-electron chi connectivity index (χ4n) is 3.27. The molecular weight excluding hydrogens is 224 g/mol. The Morgan fingerprint density at radius 1 is 1.50 bits per heavy atom. The summed E-state index contributed by atoms with van der Waals surface area (Å²) in [7, 11) is 0. The largest absolute Gasteiger partial charge is 0.488 e. The average molecular weight is 246 g/mol. The molecule has 1 aromatic rings. The van der Waals surface area contributed by atoms with Crippen LogP contribution < -0.4 is 15.8 Å². The standard InChI is InChI=1S/C15H22N2O/c1-8-5-10-9(2)11(6-16)18-14(10)12-13(8)17-7-15(12,3)4/h5,9,11,17H,6-7,16H2,1-4H3/t9-,11-/m0/s1. The van der Waals surface area contributed by atoms with E-state index < -0.39 is 0 Å². The van der Waals surface area contributed by atoms with Crippen LogP contribution in [0.15, 0.2) is 6.07 Å². The van der Waals surface area contributed by atoms with Crippen molar-refractivity contribution in [3.63, 3.8) is 0 Å². The van der Waals surface area contributed by atoms with E-state index >= 15 is 0 Å². The van der Waals surface area contributed by atoms with Crippen LogP contribution in [0.4, 0.5) is 5.69 Å². The van der Waals surface area contributed by atoms with Crippen molar-refractivity contribution in [2.24, 2.45) is 5.73 Å². The minimum absolute atomic E-state index is 0.127. The van der Waals surface area contributed by atoms with Crippen molar-refractivity contribution < 1.29 is 4.74 Å². The predicted molar refractivity (Wildman–Crippen MR) is 74.6 cm³/mol. The Morgan fingerprint density at radius 3 is 2.89 bits per heavy atom. The number of nitrogens with one attached hydrogen (secondary N) is 1. The summed E-state index contributed by atoms with van der Waals surface area (Å²) >= 11 is 0. The lowest BCUT2D eigenvalue weighted by Crippen LogP contribution is -2.27. The Balaban J connectivity index is 2.22. The van der Waals surface area contributed by atoms with Gasteiger partial charge < -0.3 is 15.8 Å². The molecule has 0 radical (unpaired) electrons. The second-order valence-corrected chi connectivity index (χ2v) is 6.28. The highest BCUT2D eigenvalue weighted by atomic mass is 16.5. The Bertz CT molecular complexity index is 508. The number of ether oxygens (including phenoxy) is 1. The smallest absolute Gasteiger partial charge is 0.129 e. The first-order chi connectivity index (χ1) is 8.45. The van der Waals surface area contributed by atoms with E-state index in [1.807, 2.05) is 0 Å². The van der Waals surface area contributed by atoms with Crippen molar-refractivity contribution in [1.82, 2.24) is 0 Å². The van der Waals surface area contributed by atoms with Crippen molar-refractivity contribution in [3.05, 3.63) is 22.8 Å². The second-order valence-electron chi connectivity index (χ2n) is 6.28. The summed E-state index contributed by atoms with van der Waals surface area (Å²) in [6.45, 7) is 10.5. The number of fused-ring (bicyclic) bond motifs is 3. The number of rotatable bonds is 1. The lowest BCUT2D eigenvalue weighted by Gasteiger charge is -2.21. The highest BCUT2D eigenvalue weighted by Crippen LogP contribution is 2.51. The predicted octanol–water partition coefficient (Wildman–Crippen LogP) is 2.52. The van der Waals surface area contributed by atoms with Crippen LogP contribution in [-0.4, -0.2) is 19.2 Å². The first-order valence-electron chi connectivity index (χ1n) is 6.74. The van der Waals surface area contributed by atoms with Crippen molar-refractivity contribution >= 4 is 5.69 Å². The molecule has 0 spiro atoms. The minimum Gasteiger partial charge on any atom is -0.488 e. The summed E-state index contributed by atoms with van der Waals surface area (Å²) < 4.78 is 6.14. The molecule has 98 valence electrons. The first kappa shape index (κ1) is 11.8. The number of aryl methyl sites for hydroxylation is 1. The monoisotopic (exact) mass is 246 g/mol. The van der Waals surface area contributed by atoms with Gasteiger partial charge in [-0.1, -0.05) is 20.8 Å². The summed E-state index contributed by atoms with van der Waals surface area (Å²) in [6, 6.07) is 2.27. The normalized spacial score (nSPS) is 27.4. The molecule has 18 heavy (non-hydrogen) atoms. The number of anilines is 1. The molecule has 3 nitrogen and oxygen atoms in total. The fourth-order valence-corrected chi connectivity index (χ4v) is 3.27. The van der Waals surface area contributed by atoms with Gasteiger partial charge in [-0.15, -0.1) is 0 Å². The van der Waals surface area contributed by atoms with Crippen LogP contribution in [0.5, 0.6) is 5.75 Å². The zero-order valence-corrected chi connectivity index (χ0v) is 11.6. The van der Waals surface area contributed by atoms with Gasteiger partial charge in [-0.3, -0.25) is 0 Å². The first-order valence-corrected chi connectivity index (χ1v) is 6.74. The Labute approximate surface area is 109 Å². The second kappa shape index (κ2) is 3.64. The molecule has 2 aliphatic rings. The van der Waals surface area contributed by atoms with Crippen LogP contribution in [0.1, 0.15) is 43.4 Å². The maximum absolute atomic E-state index is 6.14. The van der Waals surface area contributed by atoms with Crippen LogP contribution in [0.3, 0.4) is 0 Å². The van der Waals surface area contributed by atoms with E-state index in [-0.39, 0.29) is 11.5 Å². The summed E-state index contributed by atoms with van der Waals surface area (Å²) in [5.41, 5.74) is 11.2. The maximum atomic E-state index is 6.14. The lowest BCUT2D eigenvalue weighted by atomic mass is 9.83. The van der Waals surface area contributed by atoms with Gasteiger partial charge in [-0.05, 0) is 18.6 Å². The molecule has 0 aromatic heterocycles. The van der Waals surface area contributed by atoms with Crippen LogP contribution in [0, 0.1) is 6.92 Å². The number of hydrogen-bond donors (Lipinski definition) is 2. The van der Waals surface area contributed by atoms with Gasteiger partial charge in [0, 0.05) is 41.2 Å². The number of benzene rings is 1. The van der Waals surface area contributed by atoms with Crippen molar-refractivity contribution in [3.8, 4) is 5.75 Å². The average Bonchev–Trinajstić information content (AvgIpc) is 2.79. The number of nitrogens with two attached hydrogens (primary N) is 1. The fraction of sp³-hybridized carbons (Fsp3) is 0.600. The minimum atomic E-state index is 0.127. The Morgan fingerprint density at radius 2 is 2.22 bits per heavy atom. The molecule has 2 atom stereocenters. The van der Waals surface area contributed by atoms with Crippen molar-refractivity contribution in [2.45, 2.75) is 45.1 Å². The highest BCUT2D eigenvalue weighted by Gasteiger charge is 2.41. The Hall–Kier alpha value is -1.22. The third-order valence-electron chi connectivity index (χ3n) is 4.44. The molecule has 0 amide bonds. The molecule has 0 bridgehead atoms. The molecule has 2 aliphatic heterocycles. The van der Waals surface area contributed by atoms with E-state index in [0.29, 0.717) is 12.5 Å². The zero-order chi connectivity index (χ0) is 13.1. The molecule has 0 unspecified atom stereocenters. The third-order valence-corrected chi connectivity index (χ3v) is 4.44. The van der Waals surface area contributed by atoms with Gasteiger partial charge in [0.25, 0.3) is 0 Å². The summed E-state index contributed by atoms with van der Waals surface area (Å²) in [5, 5.41) is 3.52. The lowest BCUT2D eigenvalue weighted by molar-refractivity contribution is 0.216. The Kier molecular flexibility index (Phi) is 2.39. The van der Waals surface area contributed by atoms with Gasteiger partial charge in [-0.25, -0.2) is 0 Å². The molecule has 0 aliphatic carbocycles. The van der Waals surface area contributed by atoms with Crippen molar-refractivity contribution in [1.29, 1.82) is 0 Å². The van der Waals surface area contributed by atoms with E-state index in [2.05, 4.69) is 39.1 Å². The van der Waals surface area contributed by atoms with Gasteiger partial charge in [0.2, 0.25) is 0 Å². The highest BCUT2D eigenvalue weighted by molar-refractivity contribution is 5.72.